The molecule has 0 aliphatic carbocycles. The number of imidazole rings is 1. The lowest BCUT2D eigenvalue weighted by Gasteiger charge is -1.97. The first-order chi connectivity index (χ1) is 8.24. The van der Waals surface area contributed by atoms with Crippen LogP contribution >= 0.6 is 0 Å². The smallest absolute Gasteiger partial charge is 0.384 e. The van der Waals surface area contributed by atoms with Gasteiger partial charge in [-0.3, -0.25) is 0 Å². The zero-order valence-corrected chi connectivity index (χ0v) is 11.3. The first-order valence-corrected chi connectivity index (χ1v) is 5.30. The molecule has 0 fully saturated rings. The van der Waals surface area contributed by atoms with Gasteiger partial charge >= 0.3 is 5.63 Å². The van der Waals surface area contributed by atoms with E-state index in [1.54, 1.807) is 10.6 Å². The van der Waals surface area contributed by atoms with Crippen molar-refractivity contribution in [3.8, 4) is 5.69 Å². The summed E-state index contributed by atoms with van der Waals surface area (Å²) in [5.74, 6) is 0. The maximum absolute atomic E-state index is 11.8. The lowest BCUT2D eigenvalue weighted by Crippen LogP contribution is -3.00. The largest absolute Gasteiger partial charge is 1.00 e. The number of aromatic nitrogens is 2. The zero-order valence-electron chi connectivity index (χ0n) is 9.71. The number of fused-ring (bicyclic) bond motifs is 1. The number of nitrogens with zero attached hydrogens (tertiary/aromatic N) is 2. The van der Waals surface area contributed by atoms with Gasteiger partial charge in [0.05, 0.1) is 7.05 Å². The van der Waals surface area contributed by atoms with Crippen LogP contribution in [0.2, 0.25) is 0 Å². The Labute approximate surface area is 114 Å². The van der Waals surface area contributed by atoms with Crippen LogP contribution in [0.15, 0.2) is 58.3 Å². The Morgan fingerprint density at radius 2 is 2.06 bits per heavy atom. The van der Waals surface area contributed by atoms with E-state index in [0.29, 0.717) is 11.3 Å². The van der Waals surface area contributed by atoms with Crippen molar-refractivity contribution in [2.45, 2.75) is 0 Å². The van der Waals surface area contributed by atoms with Gasteiger partial charge in [-0.05, 0) is 6.07 Å². The number of halogens is 1. The molecule has 0 unspecified atom stereocenters. The lowest BCUT2D eigenvalue weighted by molar-refractivity contribution is -0.670. The molecule has 5 heteroatoms. The third-order valence-electron chi connectivity index (χ3n) is 2.67. The maximum atomic E-state index is 11.8. The fraction of sp³-hybridized carbons (Fsp3) is 0.0769. The number of rotatable bonds is 1. The molecule has 0 spiro atoms. The molecular formula is C13H11BrN2O2. The van der Waals surface area contributed by atoms with Gasteiger partial charge in [-0.2, -0.15) is 4.57 Å². The summed E-state index contributed by atoms with van der Waals surface area (Å²) in [6, 6.07) is 9.31. The molecule has 3 aromatic rings. The third-order valence-corrected chi connectivity index (χ3v) is 2.67. The van der Waals surface area contributed by atoms with Crippen molar-refractivity contribution in [2.24, 2.45) is 7.05 Å². The summed E-state index contributed by atoms with van der Waals surface area (Å²) in [6.07, 6.45) is 5.51. The van der Waals surface area contributed by atoms with Crippen molar-refractivity contribution in [2.75, 3.05) is 0 Å². The highest BCUT2D eigenvalue weighted by atomic mass is 79.9. The standard InChI is InChI=1S/C13H11N2O2.BrH/c1-14-6-7-15(9-14)11-8-10-4-2-3-5-12(10)17-13(11)16;/h2-9H,1H3;1H/q+1;/p-1. The molecule has 4 nitrogen and oxygen atoms in total. The summed E-state index contributed by atoms with van der Waals surface area (Å²) in [5, 5.41) is 0.915. The number of hydrogen-bond donors (Lipinski definition) is 0. The molecule has 0 N–H and O–H groups in total. The monoisotopic (exact) mass is 306 g/mol. The maximum Gasteiger partial charge on any atom is 0.384 e. The van der Waals surface area contributed by atoms with Gasteiger partial charge < -0.3 is 21.4 Å². The summed E-state index contributed by atoms with van der Waals surface area (Å²) in [7, 11) is 1.90. The Morgan fingerprint density at radius 3 is 2.78 bits per heavy atom. The van der Waals surface area contributed by atoms with E-state index in [1.165, 1.54) is 0 Å². The molecule has 2 heterocycles. The van der Waals surface area contributed by atoms with Crippen LogP contribution in [0.1, 0.15) is 0 Å². The molecule has 0 bridgehead atoms. The van der Waals surface area contributed by atoms with E-state index in [0.717, 1.165) is 5.39 Å². The summed E-state index contributed by atoms with van der Waals surface area (Å²) < 4.78 is 8.89. The topological polar surface area (TPSA) is 39.0 Å². The van der Waals surface area contributed by atoms with Gasteiger partial charge in [-0.15, -0.1) is 0 Å². The fourth-order valence-corrected chi connectivity index (χ4v) is 1.82. The molecule has 0 amide bonds. The van der Waals surface area contributed by atoms with E-state index in [1.807, 2.05) is 54.6 Å². The van der Waals surface area contributed by atoms with Gasteiger partial charge in [0.2, 0.25) is 12.0 Å². The van der Waals surface area contributed by atoms with Crippen LogP contribution in [0.25, 0.3) is 16.7 Å². The second kappa shape index (κ2) is 4.78. The average molecular weight is 307 g/mol. The van der Waals surface area contributed by atoms with Crippen LogP contribution in [-0.4, -0.2) is 4.57 Å². The molecule has 0 atom stereocenters. The second-order valence-electron chi connectivity index (χ2n) is 3.94. The number of para-hydroxylation sites is 1. The van der Waals surface area contributed by atoms with E-state index in [-0.39, 0.29) is 22.6 Å². The van der Waals surface area contributed by atoms with Gasteiger partial charge in [-0.25, -0.2) is 9.36 Å². The molecule has 92 valence electrons. The van der Waals surface area contributed by atoms with Crippen molar-refractivity contribution < 1.29 is 26.0 Å². The van der Waals surface area contributed by atoms with E-state index >= 15 is 0 Å². The minimum absolute atomic E-state index is 0. The van der Waals surface area contributed by atoms with E-state index < -0.39 is 0 Å². The average Bonchev–Trinajstić information content (AvgIpc) is 2.75. The molecule has 0 aliphatic rings. The van der Waals surface area contributed by atoms with Crippen LogP contribution in [-0.2, 0) is 7.05 Å². The Balaban J connectivity index is 0.00000120. The van der Waals surface area contributed by atoms with Gasteiger partial charge in [0.1, 0.15) is 18.0 Å². The van der Waals surface area contributed by atoms with Gasteiger partial charge in [0.25, 0.3) is 0 Å². The summed E-state index contributed by atoms with van der Waals surface area (Å²) in [5.41, 5.74) is 0.794. The van der Waals surface area contributed by atoms with Crippen molar-refractivity contribution in [3.05, 3.63) is 59.5 Å². The Kier molecular flexibility index (Phi) is 3.34. The van der Waals surface area contributed by atoms with Crippen molar-refractivity contribution >= 4 is 11.0 Å². The minimum Gasteiger partial charge on any atom is -1.00 e. The third kappa shape index (κ3) is 2.09. The number of aryl methyl sites for hydroxylation is 1. The molecule has 0 aliphatic heterocycles. The molecule has 0 saturated heterocycles. The van der Waals surface area contributed by atoms with Gasteiger partial charge in [-0.1, -0.05) is 18.2 Å². The van der Waals surface area contributed by atoms with E-state index in [9.17, 15) is 4.79 Å². The lowest BCUT2D eigenvalue weighted by atomic mass is 10.2. The van der Waals surface area contributed by atoms with Crippen LogP contribution in [0.3, 0.4) is 0 Å². The quantitative estimate of drug-likeness (QED) is 0.402. The van der Waals surface area contributed by atoms with Crippen LogP contribution < -0.4 is 27.2 Å². The molecule has 18 heavy (non-hydrogen) atoms. The first kappa shape index (κ1) is 12.6. The summed E-state index contributed by atoms with van der Waals surface area (Å²) in [4.78, 5) is 11.8. The fourth-order valence-electron chi connectivity index (χ4n) is 1.82. The molecule has 3 rings (SSSR count). The molecule has 2 aromatic heterocycles. The summed E-state index contributed by atoms with van der Waals surface area (Å²) in [6.45, 7) is 0. The number of hydrogen-bond acceptors (Lipinski definition) is 2. The summed E-state index contributed by atoms with van der Waals surface area (Å²) >= 11 is 0. The SMILES string of the molecule is C[n+]1ccn(-c2cc3ccccc3oc2=O)c1.[Br-]. The normalized spacial score (nSPS) is 10.3. The Hall–Kier alpha value is -1.88. The predicted octanol–water partition coefficient (Wildman–Crippen LogP) is -1.59. The Bertz CT molecular complexity index is 746. The molecule has 0 radical (unpaired) electrons. The van der Waals surface area contributed by atoms with Gasteiger partial charge in [0.15, 0.2) is 0 Å². The molecule has 1 aromatic carbocycles. The number of benzene rings is 1. The first-order valence-electron chi connectivity index (χ1n) is 5.30. The Morgan fingerprint density at radius 1 is 1.28 bits per heavy atom. The van der Waals surface area contributed by atoms with E-state index in [2.05, 4.69) is 0 Å². The minimum atomic E-state index is -0.333. The van der Waals surface area contributed by atoms with Crippen LogP contribution in [0.4, 0.5) is 0 Å². The van der Waals surface area contributed by atoms with Crippen molar-refractivity contribution in [1.29, 1.82) is 0 Å². The van der Waals surface area contributed by atoms with E-state index in [4.69, 9.17) is 4.42 Å². The highest BCUT2D eigenvalue weighted by Crippen LogP contribution is 2.14. The molecule has 0 saturated carbocycles. The van der Waals surface area contributed by atoms with Gasteiger partial charge in [0, 0.05) is 11.5 Å². The van der Waals surface area contributed by atoms with Crippen LogP contribution in [0, 0.1) is 0 Å². The highest BCUT2D eigenvalue weighted by Gasteiger charge is 2.11. The van der Waals surface area contributed by atoms with Crippen LogP contribution in [0.5, 0.6) is 0 Å². The van der Waals surface area contributed by atoms with Crippen molar-refractivity contribution in [3.63, 3.8) is 0 Å². The van der Waals surface area contributed by atoms with Crippen molar-refractivity contribution in [1.82, 2.24) is 4.57 Å². The molecular weight excluding hydrogens is 296 g/mol. The zero-order chi connectivity index (χ0) is 11.8. The predicted molar refractivity (Wildman–Crippen MR) is 63.0 cm³/mol. The highest BCUT2D eigenvalue weighted by molar-refractivity contribution is 5.77. The second-order valence-corrected chi connectivity index (χ2v) is 3.94.